The Hall–Kier alpha value is -4.23. The maximum Gasteiger partial charge on any atom is 0.407 e. The van der Waals surface area contributed by atoms with E-state index in [1.807, 2.05) is 20.8 Å². The molecule has 0 aliphatic carbocycles. The highest BCUT2D eigenvalue weighted by atomic mass is 32.2. The number of carbonyl (C=O) groups is 2. The fourth-order valence-corrected chi connectivity index (χ4v) is 6.28. The largest absolute Gasteiger partial charge is 0.465 e. The summed E-state index contributed by atoms with van der Waals surface area (Å²) in [5.74, 6) is 0.892. The predicted molar refractivity (Wildman–Crippen MR) is 173 cm³/mol. The fraction of sp³-hybridized carbons (Fsp3) is 0.438. The summed E-state index contributed by atoms with van der Waals surface area (Å²) < 4.78 is 30.1. The second kappa shape index (κ2) is 13.0. The van der Waals surface area contributed by atoms with E-state index in [0.717, 1.165) is 18.4 Å². The van der Waals surface area contributed by atoms with E-state index in [1.54, 1.807) is 54.6 Å². The lowest BCUT2D eigenvalue weighted by molar-refractivity contribution is 0.0302. The van der Waals surface area contributed by atoms with Crippen molar-refractivity contribution in [2.75, 3.05) is 41.4 Å². The van der Waals surface area contributed by atoms with Gasteiger partial charge in [0.1, 0.15) is 5.82 Å². The number of urea groups is 1. The lowest BCUT2D eigenvalue weighted by Gasteiger charge is -2.33. The summed E-state index contributed by atoms with van der Waals surface area (Å²) in [6, 6.07) is 15.4. The molecule has 2 aliphatic rings. The number of nitrogens with one attached hydrogen (secondary N) is 2. The zero-order chi connectivity index (χ0) is 32.4. The lowest BCUT2D eigenvalue weighted by Crippen LogP contribution is -2.43. The van der Waals surface area contributed by atoms with Gasteiger partial charge in [-0.05, 0) is 60.2 Å². The van der Waals surface area contributed by atoms with Gasteiger partial charge in [-0.25, -0.2) is 28.0 Å². The molecule has 2 aliphatic heterocycles. The number of morpholine rings is 1. The van der Waals surface area contributed by atoms with Crippen LogP contribution >= 0.6 is 0 Å². The number of fused-ring (bicyclic) bond motifs is 2. The first-order chi connectivity index (χ1) is 21.2. The van der Waals surface area contributed by atoms with Crippen molar-refractivity contribution in [3.05, 3.63) is 65.9 Å². The Morgan fingerprint density at radius 3 is 2.09 bits per heavy atom. The van der Waals surface area contributed by atoms with E-state index in [9.17, 15) is 23.1 Å². The van der Waals surface area contributed by atoms with Crippen molar-refractivity contribution < 1.29 is 27.9 Å². The van der Waals surface area contributed by atoms with Crippen LogP contribution in [0, 0.1) is 5.41 Å². The van der Waals surface area contributed by atoms with Crippen LogP contribution in [0.5, 0.6) is 0 Å². The highest BCUT2D eigenvalue weighted by Crippen LogP contribution is 2.30. The molecule has 0 radical (unpaired) electrons. The van der Waals surface area contributed by atoms with E-state index >= 15 is 0 Å². The molecule has 2 fully saturated rings. The highest BCUT2D eigenvalue weighted by Gasteiger charge is 2.34. The standard InChI is InChI=1S/C32H40N6O6S/c1-32(2,3)20-38(31(40)41)16-21-5-9-23(10-6-21)34-30(39)35-24-11-7-22(8-12-24)29-33-25(19-45(4,42)43)15-28(36-29)37-17-26-13-14-27(18-37)44-26/h5-12,15,26-27H,13-14,16-20H2,1-4H3,(H,40,41)(H2,34,35,39). The van der Waals surface area contributed by atoms with Gasteiger partial charge in [0, 0.05) is 55.4 Å². The molecule has 2 atom stereocenters. The Morgan fingerprint density at radius 2 is 1.56 bits per heavy atom. The van der Waals surface area contributed by atoms with Crippen LogP contribution in [0.15, 0.2) is 54.6 Å². The summed E-state index contributed by atoms with van der Waals surface area (Å²) in [6.07, 6.45) is 2.52. The molecule has 3 N–H and O–H groups in total. The maximum absolute atomic E-state index is 12.7. The third-order valence-electron chi connectivity index (χ3n) is 7.47. The Kier molecular flexibility index (Phi) is 9.31. The van der Waals surface area contributed by atoms with Gasteiger partial charge in [0.05, 0.1) is 23.7 Å². The molecule has 3 aromatic rings. The maximum atomic E-state index is 12.7. The van der Waals surface area contributed by atoms with Crippen molar-refractivity contribution in [3.8, 4) is 11.4 Å². The zero-order valence-corrected chi connectivity index (χ0v) is 26.8. The van der Waals surface area contributed by atoms with Gasteiger partial charge in [-0.1, -0.05) is 32.9 Å². The molecule has 2 aromatic carbocycles. The van der Waals surface area contributed by atoms with Crippen molar-refractivity contribution in [1.29, 1.82) is 0 Å². The molecule has 2 bridgehead atoms. The number of aromatic nitrogens is 2. The van der Waals surface area contributed by atoms with Crippen LogP contribution in [-0.2, 0) is 26.9 Å². The molecule has 13 heteroatoms. The number of nitrogens with zero attached hydrogens (tertiary/aromatic N) is 4. The topological polar surface area (TPSA) is 154 Å². The van der Waals surface area contributed by atoms with Crippen LogP contribution in [0.25, 0.3) is 11.4 Å². The predicted octanol–water partition coefficient (Wildman–Crippen LogP) is 5.23. The minimum Gasteiger partial charge on any atom is -0.465 e. The van der Waals surface area contributed by atoms with Crippen LogP contribution in [-0.4, -0.2) is 78.6 Å². The average Bonchev–Trinajstić information content (AvgIpc) is 3.29. The van der Waals surface area contributed by atoms with Crippen molar-refractivity contribution in [2.24, 2.45) is 5.41 Å². The number of carboxylic acid groups (broad SMARTS) is 1. The summed E-state index contributed by atoms with van der Waals surface area (Å²) in [5, 5.41) is 15.1. The molecule has 3 heterocycles. The number of sulfone groups is 1. The first kappa shape index (κ1) is 32.2. The number of rotatable bonds is 9. The summed E-state index contributed by atoms with van der Waals surface area (Å²) >= 11 is 0. The molecule has 0 saturated carbocycles. The van der Waals surface area contributed by atoms with Gasteiger partial charge in [-0.3, -0.25) is 0 Å². The molecule has 240 valence electrons. The summed E-state index contributed by atoms with van der Waals surface area (Å²) in [7, 11) is -3.31. The smallest absolute Gasteiger partial charge is 0.407 e. The number of hydrogen-bond donors (Lipinski definition) is 3. The van der Waals surface area contributed by atoms with Crippen LogP contribution < -0.4 is 15.5 Å². The molecular weight excluding hydrogens is 596 g/mol. The van der Waals surface area contributed by atoms with E-state index in [1.165, 1.54) is 11.2 Å². The van der Waals surface area contributed by atoms with Gasteiger partial charge in [0.25, 0.3) is 0 Å². The second-order valence-corrected chi connectivity index (χ2v) is 15.2. The van der Waals surface area contributed by atoms with Crippen molar-refractivity contribution >= 4 is 39.2 Å². The van der Waals surface area contributed by atoms with E-state index in [0.29, 0.717) is 53.9 Å². The van der Waals surface area contributed by atoms with Gasteiger partial charge in [-0.2, -0.15) is 0 Å². The van der Waals surface area contributed by atoms with Gasteiger partial charge < -0.3 is 30.3 Å². The summed E-state index contributed by atoms with van der Waals surface area (Å²) in [4.78, 5) is 37.2. The SMILES string of the molecule is CC(C)(C)CN(Cc1ccc(NC(=O)Nc2ccc(-c3nc(CS(C)(=O)=O)cc(N4CC5CCC(C4)O5)n3)cc2)cc1)C(=O)O. The van der Waals surface area contributed by atoms with E-state index in [2.05, 4.69) is 20.5 Å². The molecule has 3 amide bonds. The van der Waals surface area contributed by atoms with Gasteiger partial charge >= 0.3 is 12.1 Å². The molecule has 2 unspecified atom stereocenters. The van der Waals surface area contributed by atoms with Crippen molar-refractivity contribution in [1.82, 2.24) is 14.9 Å². The van der Waals surface area contributed by atoms with Crippen LogP contribution in [0.3, 0.4) is 0 Å². The van der Waals surface area contributed by atoms with E-state index in [4.69, 9.17) is 9.72 Å². The molecule has 45 heavy (non-hydrogen) atoms. The third kappa shape index (κ3) is 9.14. The molecular formula is C32H40N6O6S. The first-order valence-corrected chi connectivity index (χ1v) is 17.0. The molecule has 12 nitrogen and oxygen atoms in total. The zero-order valence-electron chi connectivity index (χ0n) is 26.0. The third-order valence-corrected chi connectivity index (χ3v) is 8.29. The van der Waals surface area contributed by atoms with Crippen molar-refractivity contribution in [3.63, 3.8) is 0 Å². The lowest BCUT2D eigenvalue weighted by atomic mass is 9.96. The Bertz CT molecular complexity index is 1630. The fourth-order valence-electron chi connectivity index (χ4n) is 5.59. The number of carbonyl (C=O) groups excluding carboxylic acids is 1. The normalized spacial score (nSPS) is 18.0. The highest BCUT2D eigenvalue weighted by molar-refractivity contribution is 7.89. The molecule has 1 aromatic heterocycles. The summed E-state index contributed by atoms with van der Waals surface area (Å²) in [5.41, 5.74) is 2.86. The Labute approximate surface area is 263 Å². The molecule has 2 saturated heterocycles. The van der Waals surface area contributed by atoms with Gasteiger partial charge in [-0.15, -0.1) is 0 Å². The van der Waals surface area contributed by atoms with E-state index in [-0.39, 0.29) is 29.9 Å². The minimum atomic E-state index is -3.31. The number of ether oxygens (including phenoxy) is 1. The average molecular weight is 637 g/mol. The monoisotopic (exact) mass is 636 g/mol. The Balaban J connectivity index is 1.24. The number of amides is 3. The molecule has 5 rings (SSSR count). The number of benzene rings is 2. The number of hydrogen-bond acceptors (Lipinski definition) is 8. The van der Waals surface area contributed by atoms with Crippen LogP contribution in [0.4, 0.5) is 26.8 Å². The minimum absolute atomic E-state index is 0.149. The van der Waals surface area contributed by atoms with Crippen molar-refractivity contribution in [2.45, 2.75) is 58.1 Å². The summed E-state index contributed by atoms with van der Waals surface area (Å²) in [6.45, 7) is 8.01. The van der Waals surface area contributed by atoms with Gasteiger partial charge in [0.15, 0.2) is 15.7 Å². The first-order valence-electron chi connectivity index (χ1n) is 14.9. The molecule has 0 spiro atoms. The Morgan fingerprint density at radius 1 is 0.978 bits per heavy atom. The number of anilines is 3. The van der Waals surface area contributed by atoms with E-state index < -0.39 is 22.0 Å². The van der Waals surface area contributed by atoms with Crippen LogP contribution in [0.1, 0.15) is 44.9 Å². The van der Waals surface area contributed by atoms with Crippen LogP contribution in [0.2, 0.25) is 0 Å². The van der Waals surface area contributed by atoms with Gasteiger partial charge in [0.2, 0.25) is 0 Å². The second-order valence-electron chi connectivity index (χ2n) is 13.0. The quantitative estimate of drug-likeness (QED) is 0.287.